The molecule has 2 aromatic rings. The Kier molecular flexibility index (Phi) is 11.9. The molecule has 2 rings (SSSR count). The van der Waals surface area contributed by atoms with Crippen molar-refractivity contribution in [1.82, 2.24) is 0 Å². The summed E-state index contributed by atoms with van der Waals surface area (Å²) < 4.78 is 25.0. The minimum Gasteiger partial charge on any atom is -0.455 e. The molecule has 0 saturated carbocycles. The van der Waals surface area contributed by atoms with E-state index in [0.29, 0.717) is 37.2 Å². The third-order valence-electron chi connectivity index (χ3n) is 8.29. The molecule has 0 saturated heterocycles. The highest BCUT2D eigenvalue weighted by atomic mass is 28.4. The van der Waals surface area contributed by atoms with Crippen LogP contribution in [0.5, 0.6) is 0 Å². The lowest BCUT2D eigenvalue weighted by molar-refractivity contribution is -0.0481. The molecule has 0 aliphatic carbocycles. The zero-order valence-corrected chi connectivity index (χ0v) is 28.2. The van der Waals surface area contributed by atoms with Gasteiger partial charge in [-0.1, -0.05) is 77.9 Å². The van der Waals surface area contributed by atoms with Crippen LogP contribution in [0.1, 0.15) is 75.1 Å². The second-order valence-corrected chi connectivity index (χ2v) is 23.0. The Morgan fingerprint density at radius 1 is 0.600 bits per heavy atom. The highest BCUT2D eigenvalue weighted by molar-refractivity contribution is 6.74. The molecular weight excluding hydrogens is 537 g/mol. The molecule has 0 heterocycles. The fourth-order valence-corrected chi connectivity index (χ4v) is 5.62. The maximum atomic E-state index is 13.2. The van der Waals surface area contributed by atoms with Crippen LogP contribution in [0.15, 0.2) is 60.7 Å². The lowest BCUT2D eigenvalue weighted by Gasteiger charge is -2.37. The maximum absolute atomic E-state index is 13.2. The standard InChI is InChI=1S/C32H50O6Si2/c1-31(2,3)39(7,8)35-23-21-27(37-29(33)25-17-13-11-14-18-25)28(22-24-36-40(9,10)32(4,5)6)38-30(34)26-19-15-12-16-20-26/h11-20,27-28H,21-24H2,1-10H3/t27-,28-/m1/s1. The van der Waals surface area contributed by atoms with Crippen molar-refractivity contribution in [3.8, 4) is 0 Å². The molecule has 6 nitrogen and oxygen atoms in total. The molecule has 0 bridgehead atoms. The summed E-state index contributed by atoms with van der Waals surface area (Å²) in [6.07, 6.45) is -0.600. The molecule has 0 aliphatic heterocycles. The van der Waals surface area contributed by atoms with Gasteiger partial charge in [-0.25, -0.2) is 9.59 Å². The Balaban J connectivity index is 2.32. The van der Waals surface area contributed by atoms with E-state index in [4.69, 9.17) is 18.3 Å². The number of hydrogen-bond donors (Lipinski definition) is 0. The molecule has 0 aromatic heterocycles. The number of carbonyl (C=O) groups is 2. The summed E-state index contributed by atoms with van der Waals surface area (Å²) >= 11 is 0. The second kappa shape index (κ2) is 14.1. The normalized spacial score (nSPS) is 14.3. The van der Waals surface area contributed by atoms with Crippen LogP contribution in [0, 0.1) is 0 Å². The summed E-state index contributed by atoms with van der Waals surface area (Å²) in [5.41, 5.74) is 0.895. The van der Waals surface area contributed by atoms with Gasteiger partial charge in [0.25, 0.3) is 0 Å². The Labute approximate surface area is 244 Å². The number of esters is 2. The van der Waals surface area contributed by atoms with Gasteiger partial charge in [0.05, 0.1) is 11.1 Å². The highest BCUT2D eigenvalue weighted by Crippen LogP contribution is 2.38. The zero-order valence-electron chi connectivity index (χ0n) is 26.2. The van der Waals surface area contributed by atoms with E-state index in [1.54, 1.807) is 48.5 Å². The Morgan fingerprint density at radius 2 is 0.900 bits per heavy atom. The van der Waals surface area contributed by atoms with E-state index >= 15 is 0 Å². The van der Waals surface area contributed by atoms with Gasteiger partial charge < -0.3 is 18.3 Å². The van der Waals surface area contributed by atoms with Gasteiger partial charge in [-0.05, 0) is 60.5 Å². The smallest absolute Gasteiger partial charge is 0.338 e. The third-order valence-corrected chi connectivity index (χ3v) is 17.4. The minimum atomic E-state index is -2.03. The topological polar surface area (TPSA) is 71.1 Å². The first-order valence-corrected chi connectivity index (χ1v) is 20.1. The van der Waals surface area contributed by atoms with E-state index in [1.807, 2.05) is 12.1 Å². The van der Waals surface area contributed by atoms with Gasteiger partial charge in [-0.2, -0.15) is 0 Å². The van der Waals surface area contributed by atoms with E-state index in [0.717, 1.165) is 0 Å². The summed E-state index contributed by atoms with van der Waals surface area (Å²) in [5, 5.41) is 0.0821. The van der Waals surface area contributed by atoms with Crippen LogP contribution in [0.4, 0.5) is 0 Å². The van der Waals surface area contributed by atoms with Crippen molar-refractivity contribution in [1.29, 1.82) is 0 Å². The SMILES string of the molecule is CC(C)(C)[Si](C)(C)OCC[C@@H](OC(=O)c1ccccc1)[C@@H](CCO[Si](C)(C)C(C)(C)C)OC(=O)c1ccccc1. The van der Waals surface area contributed by atoms with Crippen molar-refractivity contribution >= 4 is 28.6 Å². The van der Waals surface area contributed by atoms with Crippen LogP contribution in [0.3, 0.4) is 0 Å². The average Bonchev–Trinajstić information content (AvgIpc) is 2.87. The van der Waals surface area contributed by atoms with Gasteiger partial charge in [0.15, 0.2) is 16.6 Å². The largest absolute Gasteiger partial charge is 0.455 e. The quantitative estimate of drug-likeness (QED) is 0.174. The first kappa shape index (κ1) is 33.9. The van der Waals surface area contributed by atoms with Gasteiger partial charge in [-0.3, -0.25) is 0 Å². The van der Waals surface area contributed by atoms with Crippen LogP contribution in [-0.2, 0) is 18.3 Å². The summed E-state index contributed by atoms with van der Waals surface area (Å²) in [6.45, 7) is 22.7. The number of benzene rings is 2. The molecule has 2 atom stereocenters. The van der Waals surface area contributed by atoms with Gasteiger partial charge in [0.2, 0.25) is 0 Å². The fourth-order valence-electron chi connectivity index (χ4n) is 3.49. The van der Waals surface area contributed by atoms with E-state index in [-0.39, 0.29) is 10.1 Å². The van der Waals surface area contributed by atoms with Gasteiger partial charge in [-0.15, -0.1) is 0 Å². The summed E-state index contributed by atoms with van der Waals surface area (Å²) in [7, 11) is -4.07. The molecule has 0 radical (unpaired) electrons. The van der Waals surface area contributed by atoms with E-state index < -0.39 is 40.8 Å². The summed E-state index contributed by atoms with van der Waals surface area (Å²) in [6, 6.07) is 17.8. The van der Waals surface area contributed by atoms with Crippen molar-refractivity contribution in [3.63, 3.8) is 0 Å². The maximum Gasteiger partial charge on any atom is 0.338 e. The van der Waals surface area contributed by atoms with Crippen molar-refractivity contribution < 1.29 is 27.9 Å². The van der Waals surface area contributed by atoms with Crippen molar-refractivity contribution in [3.05, 3.63) is 71.8 Å². The van der Waals surface area contributed by atoms with Gasteiger partial charge in [0, 0.05) is 26.1 Å². The molecule has 222 valence electrons. The van der Waals surface area contributed by atoms with E-state index in [9.17, 15) is 9.59 Å². The Morgan fingerprint density at radius 3 is 1.18 bits per heavy atom. The lowest BCUT2D eigenvalue weighted by atomic mass is 10.1. The molecule has 8 heteroatoms. The van der Waals surface area contributed by atoms with Gasteiger partial charge in [0.1, 0.15) is 12.2 Å². The summed E-state index contributed by atoms with van der Waals surface area (Å²) in [5.74, 6) is -0.909. The first-order chi connectivity index (χ1) is 18.4. The molecule has 0 unspecified atom stereocenters. The monoisotopic (exact) mass is 586 g/mol. The van der Waals surface area contributed by atoms with Crippen LogP contribution in [0.25, 0.3) is 0 Å². The van der Waals surface area contributed by atoms with Crippen LogP contribution >= 0.6 is 0 Å². The van der Waals surface area contributed by atoms with Crippen molar-refractivity contribution in [2.75, 3.05) is 13.2 Å². The number of carbonyl (C=O) groups excluding carboxylic acids is 2. The minimum absolute atomic E-state index is 0.0411. The molecule has 0 aliphatic rings. The van der Waals surface area contributed by atoms with Gasteiger partial charge >= 0.3 is 11.9 Å². The van der Waals surface area contributed by atoms with Crippen LogP contribution in [0.2, 0.25) is 36.3 Å². The van der Waals surface area contributed by atoms with E-state index in [1.165, 1.54) is 0 Å². The number of ether oxygens (including phenoxy) is 2. The highest BCUT2D eigenvalue weighted by Gasteiger charge is 2.39. The number of hydrogen-bond acceptors (Lipinski definition) is 6. The molecule has 2 aromatic carbocycles. The first-order valence-electron chi connectivity index (χ1n) is 14.2. The van der Waals surface area contributed by atoms with E-state index in [2.05, 4.69) is 67.7 Å². The molecule has 40 heavy (non-hydrogen) atoms. The third kappa shape index (κ3) is 9.98. The molecule has 0 fully saturated rings. The average molecular weight is 587 g/mol. The van der Waals surface area contributed by atoms with Crippen LogP contribution in [-0.4, -0.2) is 54.0 Å². The second-order valence-electron chi connectivity index (χ2n) is 13.4. The zero-order chi connectivity index (χ0) is 30.2. The fraction of sp³-hybridized carbons (Fsp3) is 0.562. The molecule has 0 N–H and O–H groups in total. The van der Waals surface area contributed by atoms with Crippen molar-refractivity contribution in [2.24, 2.45) is 0 Å². The Bertz CT molecular complexity index is 985. The molecular formula is C32H50O6Si2. The molecule has 0 spiro atoms. The molecule has 0 amide bonds. The predicted octanol–water partition coefficient (Wildman–Crippen LogP) is 8.26. The van der Waals surface area contributed by atoms with Crippen molar-refractivity contribution in [2.45, 2.75) is 103 Å². The van der Waals surface area contributed by atoms with Crippen LogP contribution < -0.4 is 0 Å². The lowest BCUT2D eigenvalue weighted by Crippen LogP contribution is -2.44. The summed E-state index contributed by atoms with van der Waals surface area (Å²) in [4.78, 5) is 26.4. The predicted molar refractivity (Wildman–Crippen MR) is 167 cm³/mol. The number of rotatable bonds is 13. The Hall–Kier alpha value is -2.27.